The average molecular weight is 369 g/mol. The normalized spacial score (nSPS) is 20.5. The Morgan fingerprint density at radius 1 is 1.11 bits per heavy atom. The Balaban J connectivity index is 1.91. The van der Waals surface area contributed by atoms with Crippen molar-refractivity contribution in [2.45, 2.75) is 18.8 Å². The number of esters is 1. The number of benzene rings is 2. The van der Waals surface area contributed by atoms with E-state index in [9.17, 15) is 14.4 Å². The highest BCUT2D eigenvalue weighted by molar-refractivity contribution is 5.98. The topological polar surface area (TPSA) is 102 Å². The van der Waals surface area contributed by atoms with E-state index < -0.39 is 23.2 Å². The molecule has 3 rings (SSSR count). The summed E-state index contributed by atoms with van der Waals surface area (Å²) in [6, 6.07) is 13.5. The Hall–Kier alpha value is -3.19. The molecule has 7 heteroatoms. The van der Waals surface area contributed by atoms with Gasteiger partial charge in [0.2, 0.25) is 5.91 Å². The van der Waals surface area contributed by atoms with Crippen LogP contribution in [-0.4, -0.2) is 30.0 Å². The zero-order valence-corrected chi connectivity index (χ0v) is 14.9. The third-order valence-electron chi connectivity index (χ3n) is 4.76. The predicted molar refractivity (Wildman–Crippen MR) is 94.7 cm³/mol. The van der Waals surface area contributed by atoms with Crippen molar-refractivity contribution in [2.24, 2.45) is 5.92 Å². The number of carbonyl (C=O) groups is 3. The highest BCUT2D eigenvalue weighted by Gasteiger charge is 2.65. The van der Waals surface area contributed by atoms with Crippen molar-refractivity contribution in [2.75, 3.05) is 7.11 Å². The number of hydrogen-bond donors (Lipinski definition) is 2. The number of carbonyl (C=O) groups excluding carboxylic acids is 3. The van der Waals surface area contributed by atoms with Crippen molar-refractivity contribution in [3.63, 3.8) is 0 Å². The van der Waals surface area contributed by atoms with Gasteiger partial charge in [-0.2, -0.15) is 0 Å². The minimum Gasteiger partial charge on any atom is -0.468 e. The summed E-state index contributed by atoms with van der Waals surface area (Å²) in [7, 11) is 1.25. The van der Waals surface area contributed by atoms with Crippen LogP contribution in [0.15, 0.2) is 48.5 Å². The lowest BCUT2D eigenvalue weighted by atomic mass is 9.92. The molecular weight excluding hydrogens is 350 g/mol. The molecule has 0 spiro atoms. The lowest BCUT2D eigenvalue weighted by Crippen LogP contribution is -2.31. The number of rotatable bonds is 6. The molecular formula is C20H19NO6. The van der Waals surface area contributed by atoms with Gasteiger partial charge in [0.05, 0.1) is 13.0 Å². The summed E-state index contributed by atoms with van der Waals surface area (Å²) < 4.78 is 10.7. The number of Topliss-reactive ketones (excluding diaryl/α,β-unsaturated/α-hetero) is 1. The van der Waals surface area contributed by atoms with Crippen molar-refractivity contribution in [3.8, 4) is 11.5 Å². The van der Waals surface area contributed by atoms with E-state index in [0.717, 1.165) is 0 Å². The highest BCUT2D eigenvalue weighted by Crippen LogP contribution is 2.55. The van der Waals surface area contributed by atoms with Crippen LogP contribution in [0.5, 0.6) is 11.5 Å². The first-order valence-corrected chi connectivity index (χ1v) is 8.34. The fourth-order valence-corrected chi connectivity index (χ4v) is 3.25. The molecule has 2 aromatic carbocycles. The number of hydrogen-bond acceptors (Lipinski definition) is 6. The van der Waals surface area contributed by atoms with Crippen LogP contribution in [0.1, 0.15) is 29.3 Å². The van der Waals surface area contributed by atoms with Gasteiger partial charge in [0.15, 0.2) is 5.78 Å². The number of ether oxygens (including phenoxy) is 2. The van der Waals surface area contributed by atoms with Gasteiger partial charge in [0.25, 0.3) is 0 Å². The van der Waals surface area contributed by atoms with Gasteiger partial charge >= 0.3 is 5.97 Å². The smallest absolute Gasteiger partial charge is 0.317 e. The average Bonchev–Trinajstić information content (AvgIpc) is 3.44. The molecule has 27 heavy (non-hydrogen) atoms. The maximum Gasteiger partial charge on any atom is 0.317 e. The molecule has 2 unspecified atom stereocenters. The molecule has 0 bridgehead atoms. The Labute approximate surface area is 155 Å². The van der Waals surface area contributed by atoms with Crippen LogP contribution in [0.25, 0.3) is 0 Å². The quantitative estimate of drug-likeness (QED) is 0.351. The second kappa shape index (κ2) is 7.20. The van der Waals surface area contributed by atoms with Gasteiger partial charge in [-0.1, -0.05) is 24.3 Å². The summed E-state index contributed by atoms with van der Waals surface area (Å²) in [6.07, 6.45) is 0.231. The Morgan fingerprint density at radius 3 is 2.41 bits per heavy atom. The van der Waals surface area contributed by atoms with Crippen LogP contribution < -0.4 is 10.2 Å². The maximum atomic E-state index is 12.4. The van der Waals surface area contributed by atoms with Crippen molar-refractivity contribution in [3.05, 3.63) is 59.7 Å². The summed E-state index contributed by atoms with van der Waals surface area (Å²) in [6.45, 7) is 1.47. The molecule has 7 nitrogen and oxygen atoms in total. The Morgan fingerprint density at radius 2 is 1.78 bits per heavy atom. The molecule has 1 saturated carbocycles. The largest absolute Gasteiger partial charge is 0.468 e. The zero-order valence-electron chi connectivity index (χ0n) is 14.9. The number of nitrogens with one attached hydrogen (secondary N) is 1. The van der Waals surface area contributed by atoms with E-state index in [4.69, 9.17) is 14.7 Å². The fraction of sp³-hybridized carbons (Fsp3) is 0.250. The summed E-state index contributed by atoms with van der Waals surface area (Å²) in [5.74, 6) is -1.05. The Kier molecular flexibility index (Phi) is 4.96. The van der Waals surface area contributed by atoms with Crippen molar-refractivity contribution in [1.29, 1.82) is 0 Å². The molecule has 2 aromatic rings. The van der Waals surface area contributed by atoms with E-state index in [0.29, 0.717) is 22.6 Å². The van der Waals surface area contributed by atoms with Crippen LogP contribution in [0.2, 0.25) is 0 Å². The fourth-order valence-electron chi connectivity index (χ4n) is 3.25. The van der Waals surface area contributed by atoms with Gasteiger partial charge in [-0.05, 0) is 43.2 Å². The number of amides is 1. The summed E-state index contributed by atoms with van der Waals surface area (Å²) in [5.41, 5.74) is 1.52. The van der Waals surface area contributed by atoms with Gasteiger partial charge in [-0.25, -0.2) is 5.48 Å². The molecule has 1 aliphatic rings. The summed E-state index contributed by atoms with van der Waals surface area (Å²) in [4.78, 5) is 35.7. The molecule has 0 saturated heterocycles. The van der Waals surface area contributed by atoms with Gasteiger partial charge in [0.1, 0.15) is 16.9 Å². The van der Waals surface area contributed by atoms with Crippen molar-refractivity contribution in [1.82, 2.24) is 5.48 Å². The monoisotopic (exact) mass is 369 g/mol. The first-order chi connectivity index (χ1) is 12.9. The van der Waals surface area contributed by atoms with E-state index in [1.807, 2.05) is 0 Å². The molecule has 2 atom stereocenters. The van der Waals surface area contributed by atoms with Gasteiger partial charge in [-0.15, -0.1) is 0 Å². The molecule has 1 fully saturated rings. The minimum atomic E-state index is -1.15. The third kappa shape index (κ3) is 3.41. The SMILES string of the molecule is COC(=O)C1(c2cccc(Oc3cccc(C(C)=O)c3)c2)CC1C(=O)NO. The standard InChI is InChI=1S/C20H19NO6/c1-12(22)13-5-3-7-15(9-13)27-16-8-4-6-14(10-16)20(19(24)26-2)11-17(20)18(23)21-25/h3-10,17,25H,11H2,1-2H3,(H,21,23). The second-order valence-corrected chi connectivity index (χ2v) is 6.41. The minimum absolute atomic E-state index is 0.0744. The second-order valence-electron chi connectivity index (χ2n) is 6.41. The lowest BCUT2D eigenvalue weighted by molar-refractivity contribution is -0.146. The van der Waals surface area contributed by atoms with E-state index in [2.05, 4.69) is 0 Å². The van der Waals surface area contributed by atoms with E-state index in [-0.39, 0.29) is 12.2 Å². The number of hydroxylamine groups is 1. The van der Waals surface area contributed by atoms with Crippen LogP contribution >= 0.6 is 0 Å². The molecule has 2 N–H and O–H groups in total. The molecule has 1 amide bonds. The molecule has 0 heterocycles. The van der Waals surface area contributed by atoms with Gasteiger partial charge < -0.3 is 9.47 Å². The van der Waals surface area contributed by atoms with Gasteiger partial charge in [0, 0.05) is 5.56 Å². The molecule has 1 aliphatic carbocycles. The number of ketones is 1. The summed E-state index contributed by atoms with van der Waals surface area (Å²) >= 11 is 0. The molecule has 0 aliphatic heterocycles. The lowest BCUT2D eigenvalue weighted by Gasteiger charge is -2.16. The van der Waals surface area contributed by atoms with E-state index in [1.165, 1.54) is 14.0 Å². The highest BCUT2D eigenvalue weighted by atomic mass is 16.5. The third-order valence-corrected chi connectivity index (χ3v) is 4.76. The first-order valence-electron chi connectivity index (χ1n) is 8.34. The first kappa shape index (κ1) is 18.6. The van der Waals surface area contributed by atoms with Crippen molar-refractivity contribution >= 4 is 17.7 Å². The van der Waals surface area contributed by atoms with Crippen molar-refractivity contribution < 1.29 is 29.1 Å². The number of methoxy groups -OCH3 is 1. The van der Waals surface area contributed by atoms with E-state index >= 15 is 0 Å². The van der Waals surface area contributed by atoms with Gasteiger partial charge in [-0.3, -0.25) is 19.6 Å². The molecule has 140 valence electrons. The summed E-state index contributed by atoms with van der Waals surface area (Å²) in [5, 5.41) is 8.90. The van der Waals surface area contributed by atoms with Crippen LogP contribution in [0, 0.1) is 5.92 Å². The van der Waals surface area contributed by atoms with Crippen LogP contribution in [-0.2, 0) is 19.7 Å². The predicted octanol–water partition coefficient (Wildman–Crippen LogP) is 2.62. The maximum absolute atomic E-state index is 12.4. The zero-order chi connectivity index (χ0) is 19.6. The Bertz CT molecular complexity index is 909. The molecule has 0 aromatic heterocycles. The van der Waals surface area contributed by atoms with E-state index in [1.54, 1.807) is 54.0 Å². The van der Waals surface area contributed by atoms with Crippen LogP contribution in [0.3, 0.4) is 0 Å². The molecule has 0 radical (unpaired) electrons. The van der Waals surface area contributed by atoms with Crippen LogP contribution in [0.4, 0.5) is 0 Å².